The van der Waals surface area contributed by atoms with Crippen LogP contribution in [-0.4, -0.2) is 76.7 Å². The van der Waals surface area contributed by atoms with Crippen molar-refractivity contribution in [3.8, 4) is 11.4 Å². The number of thioether (sulfide) groups is 1. The third-order valence-corrected chi connectivity index (χ3v) is 6.45. The van der Waals surface area contributed by atoms with E-state index in [-0.39, 0.29) is 5.97 Å². The molecule has 0 amide bonds. The van der Waals surface area contributed by atoms with E-state index in [1.54, 1.807) is 12.1 Å². The van der Waals surface area contributed by atoms with Crippen LogP contribution in [0.3, 0.4) is 0 Å². The number of likely N-dealkylation sites (tertiary alicyclic amines) is 1. The number of aromatic nitrogens is 2. The van der Waals surface area contributed by atoms with Crippen LogP contribution in [0.25, 0.3) is 11.4 Å². The van der Waals surface area contributed by atoms with Crippen molar-refractivity contribution in [2.75, 3.05) is 44.8 Å². The highest BCUT2D eigenvalue weighted by atomic mass is 32.2. The fraction of sp³-hybridized carbons (Fsp3) is 0.550. The molecule has 7 nitrogen and oxygen atoms in total. The summed E-state index contributed by atoms with van der Waals surface area (Å²) < 4.78 is 10.2. The number of ether oxygens (including phenoxy) is 1. The number of carbonyl (C=O) groups is 1. The third kappa shape index (κ3) is 4.56. The van der Waals surface area contributed by atoms with Crippen molar-refractivity contribution in [2.45, 2.75) is 25.4 Å². The molecule has 0 aliphatic carbocycles. The van der Waals surface area contributed by atoms with Crippen molar-refractivity contribution in [3.63, 3.8) is 0 Å². The summed E-state index contributed by atoms with van der Waals surface area (Å²) in [5, 5.41) is 4.10. The first-order valence-electron chi connectivity index (χ1n) is 9.78. The van der Waals surface area contributed by atoms with E-state index in [4.69, 9.17) is 9.26 Å². The van der Waals surface area contributed by atoms with E-state index < -0.39 is 0 Å². The molecular formula is C20H26N4O3S. The number of methoxy groups -OCH3 is 1. The van der Waals surface area contributed by atoms with E-state index in [0.29, 0.717) is 23.8 Å². The molecule has 2 saturated heterocycles. The van der Waals surface area contributed by atoms with Crippen LogP contribution >= 0.6 is 11.8 Å². The number of rotatable bonds is 5. The third-order valence-electron chi connectivity index (χ3n) is 5.51. The van der Waals surface area contributed by atoms with E-state index in [0.717, 1.165) is 24.7 Å². The quantitative estimate of drug-likeness (QED) is 0.707. The second-order valence-corrected chi connectivity index (χ2v) is 8.46. The van der Waals surface area contributed by atoms with Crippen LogP contribution in [-0.2, 0) is 11.3 Å². The Hall–Kier alpha value is -1.90. The van der Waals surface area contributed by atoms with Gasteiger partial charge in [0, 0.05) is 49.3 Å². The molecule has 0 atom stereocenters. The number of hydrogen-bond donors (Lipinski definition) is 0. The zero-order chi connectivity index (χ0) is 19.3. The molecule has 28 heavy (non-hydrogen) atoms. The van der Waals surface area contributed by atoms with Gasteiger partial charge in [0.25, 0.3) is 0 Å². The van der Waals surface area contributed by atoms with E-state index in [1.165, 1.54) is 44.5 Å². The van der Waals surface area contributed by atoms with Crippen LogP contribution in [0, 0.1) is 0 Å². The standard InChI is InChI=1S/C20H26N4O3S/c1-26-20(25)16-4-2-15(3-5-16)19-21-18(27-22-19)14-23-8-6-17(7-9-23)24-10-12-28-13-11-24/h2-5,17H,6-14H2,1H3. The summed E-state index contributed by atoms with van der Waals surface area (Å²) in [6.07, 6.45) is 2.42. The highest BCUT2D eigenvalue weighted by molar-refractivity contribution is 7.99. The lowest BCUT2D eigenvalue weighted by Crippen LogP contribution is -2.47. The highest BCUT2D eigenvalue weighted by Gasteiger charge is 2.26. The van der Waals surface area contributed by atoms with Crippen molar-refractivity contribution in [1.29, 1.82) is 0 Å². The maximum Gasteiger partial charge on any atom is 0.337 e. The Kier molecular flexibility index (Phi) is 6.29. The fourth-order valence-electron chi connectivity index (χ4n) is 3.89. The molecular weight excluding hydrogens is 376 g/mol. The molecule has 4 rings (SSSR count). The lowest BCUT2D eigenvalue weighted by Gasteiger charge is -2.39. The van der Waals surface area contributed by atoms with Gasteiger partial charge < -0.3 is 9.26 Å². The summed E-state index contributed by atoms with van der Waals surface area (Å²) in [6, 6.07) is 7.76. The first-order valence-corrected chi connectivity index (χ1v) is 10.9. The Morgan fingerprint density at radius 1 is 1.18 bits per heavy atom. The van der Waals surface area contributed by atoms with Crippen LogP contribution in [0.2, 0.25) is 0 Å². The predicted octanol–water partition coefficient (Wildman–Crippen LogP) is 2.54. The Morgan fingerprint density at radius 3 is 2.57 bits per heavy atom. The first kappa shape index (κ1) is 19.4. The van der Waals surface area contributed by atoms with Gasteiger partial charge in [-0.05, 0) is 25.0 Å². The minimum atomic E-state index is -0.355. The zero-order valence-corrected chi connectivity index (χ0v) is 17.0. The van der Waals surface area contributed by atoms with Gasteiger partial charge in [-0.15, -0.1) is 0 Å². The molecule has 3 heterocycles. The van der Waals surface area contributed by atoms with E-state index in [1.807, 2.05) is 12.1 Å². The highest BCUT2D eigenvalue weighted by Crippen LogP contribution is 2.22. The lowest BCUT2D eigenvalue weighted by atomic mass is 10.0. The topological polar surface area (TPSA) is 71.7 Å². The minimum Gasteiger partial charge on any atom is -0.465 e. The zero-order valence-electron chi connectivity index (χ0n) is 16.2. The summed E-state index contributed by atoms with van der Waals surface area (Å²) in [5.74, 6) is 3.37. The Balaban J connectivity index is 1.31. The summed E-state index contributed by atoms with van der Waals surface area (Å²) in [7, 11) is 1.37. The fourth-order valence-corrected chi connectivity index (χ4v) is 4.82. The molecule has 0 spiro atoms. The molecule has 2 aliphatic heterocycles. The Morgan fingerprint density at radius 2 is 1.89 bits per heavy atom. The maximum atomic E-state index is 11.5. The smallest absolute Gasteiger partial charge is 0.337 e. The van der Waals surface area contributed by atoms with Crippen molar-refractivity contribution < 1.29 is 14.1 Å². The largest absolute Gasteiger partial charge is 0.465 e. The number of esters is 1. The average molecular weight is 403 g/mol. The van der Waals surface area contributed by atoms with Crippen molar-refractivity contribution >= 4 is 17.7 Å². The van der Waals surface area contributed by atoms with E-state index >= 15 is 0 Å². The summed E-state index contributed by atoms with van der Waals surface area (Å²) in [5.41, 5.74) is 1.33. The van der Waals surface area contributed by atoms with Gasteiger partial charge in [0.2, 0.25) is 11.7 Å². The molecule has 0 bridgehead atoms. The summed E-state index contributed by atoms with van der Waals surface area (Å²) >= 11 is 2.07. The lowest BCUT2D eigenvalue weighted by molar-refractivity contribution is 0.0601. The van der Waals surface area contributed by atoms with Crippen LogP contribution in [0.15, 0.2) is 28.8 Å². The van der Waals surface area contributed by atoms with Gasteiger partial charge in [-0.1, -0.05) is 17.3 Å². The number of nitrogens with zero attached hydrogens (tertiary/aromatic N) is 4. The molecule has 2 aliphatic rings. The number of carbonyl (C=O) groups excluding carboxylic acids is 1. The van der Waals surface area contributed by atoms with E-state index in [2.05, 4.69) is 31.7 Å². The molecule has 0 unspecified atom stereocenters. The SMILES string of the molecule is COC(=O)c1ccc(-c2noc(CN3CCC(N4CCSCC4)CC3)n2)cc1. The van der Waals surface area contributed by atoms with Crippen LogP contribution in [0.5, 0.6) is 0 Å². The molecule has 0 N–H and O–H groups in total. The van der Waals surface area contributed by atoms with Crippen molar-refractivity contribution in [1.82, 2.24) is 19.9 Å². The molecule has 0 radical (unpaired) electrons. The van der Waals surface area contributed by atoms with Crippen LogP contribution in [0.4, 0.5) is 0 Å². The molecule has 1 aromatic heterocycles. The molecule has 150 valence electrons. The van der Waals surface area contributed by atoms with Crippen LogP contribution < -0.4 is 0 Å². The maximum absolute atomic E-state index is 11.5. The van der Waals surface area contributed by atoms with Gasteiger partial charge in [0.15, 0.2) is 0 Å². The second kappa shape index (κ2) is 9.07. The van der Waals surface area contributed by atoms with Crippen LogP contribution in [0.1, 0.15) is 29.1 Å². The molecule has 1 aromatic carbocycles. The number of piperidine rings is 1. The van der Waals surface area contributed by atoms with Gasteiger partial charge in [-0.3, -0.25) is 9.80 Å². The number of hydrogen-bond acceptors (Lipinski definition) is 8. The number of benzene rings is 1. The monoisotopic (exact) mass is 402 g/mol. The van der Waals surface area contributed by atoms with Gasteiger partial charge in [-0.2, -0.15) is 16.7 Å². The normalized spacial score (nSPS) is 19.6. The molecule has 0 saturated carbocycles. The minimum absolute atomic E-state index is 0.355. The molecule has 2 aromatic rings. The van der Waals surface area contributed by atoms with E-state index in [9.17, 15) is 4.79 Å². The molecule has 2 fully saturated rings. The van der Waals surface area contributed by atoms with Crippen molar-refractivity contribution in [3.05, 3.63) is 35.7 Å². The Bertz CT molecular complexity index is 781. The van der Waals surface area contributed by atoms with Gasteiger partial charge in [0.05, 0.1) is 19.2 Å². The van der Waals surface area contributed by atoms with Gasteiger partial charge in [-0.25, -0.2) is 4.79 Å². The van der Waals surface area contributed by atoms with Gasteiger partial charge in [0.1, 0.15) is 0 Å². The Labute approximate surface area is 169 Å². The summed E-state index contributed by atoms with van der Waals surface area (Å²) in [6.45, 7) is 5.30. The molecule has 8 heteroatoms. The van der Waals surface area contributed by atoms with Crippen molar-refractivity contribution in [2.24, 2.45) is 0 Å². The second-order valence-electron chi connectivity index (χ2n) is 7.24. The average Bonchev–Trinajstić information content (AvgIpc) is 3.23. The first-order chi connectivity index (χ1) is 13.7. The van der Waals surface area contributed by atoms with Gasteiger partial charge >= 0.3 is 5.97 Å². The predicted molar refractivity (Wildman–Crippen MR) is 108 cm³/mol. The summed E-state index contributed by atoms with van der Waals surface area (Å²) in [4.78, 5) is 21.1.